The molecule has 0 unspecified atom stereocenters. The van der Waals surface area contributed by atoms with Crippen molar-refractivity contribution in [2.45, 2.75) is 12.5 Å². The summed E-state index contributed by atoms with van der Waals surface area (Å²) >= 11 is 0. The van der Waals surface area contributed by atoms with E-state index in [1.807, 2.05) is 6.07 Å². The van der Waals surface area contributed by atoms with E-state index in [9.17, 15) is 9.50 Å². The molecule has 1 fully saturated rings. The lowest BCUT2D eigenvalue weighted by Gasteiger charge is -2.20. The van der Waals surface area contributed by atoms with E-state index in [1.165, 1.54) is 12.1 Å². The smallest absolute Gasteiger partial charge is 0.125 e. The predicted octanol–water partition coefficient (Wildman–Crippen LogP) is 2.56. The Labute approximate surface area is 146 Å². The minimum atomic E-state index is -0.678. The van der Waals surface area contributed by atoms with Gasteiger partial charge in [0.1, 0.15) is 17.7 Å². The third kappa shape index (κ3) is 4.75. The van der Waals surface area contributed by atoms with Crippen LogP contribution in [0.1, 0.15) is 23.7 Å². The van der Waals surface area contributed by atoms with E-state index in [1.54, 1.807) is 30.5 Å². The van der Waals surface area contributed by atoms with Gasteiger partial charge < -0.3 is 15.3 Å². The number of halogens is 1. The Morgan fingerprint density at radius 3 is 3.00 bits per heavy atom. The SMILES string of the molecule is N#Cc1ccc(NC[C@H]2CCN(C[C@@H](O)c3cccc(F)c3)C2)nc1. The first-order chi connectivity index (χ1) is 12.1. The quantitative estimate of drug-likeness (QED) is 0.846. The monoisotopic (exact) mass is 340 g/mol. The van der Waals surface area contributed by atoms with Crippen LogP contribution < -0.4 is 5.32 Å². The number of nitrogens with one attached hydrogen (secondary N) is 1. The third-order valence-corrected chi connectivity index (χ3v) is 4.50. The van der Waals surface area contributed by atoms with Gasteiger partial charge in [-0.3, -0.25) is 0 Å². The summed E-state index contributed by atoms with van der Waals surface area (Å²) in [5.41, 5.74) is 1.16. The van der Waals surface area contributed by atoms with Gasteiger partial charge in [-0.1, -0.05) is 12.1 Å². The molecule has 3 rings (SSSR count). The molecule has 2 heterocycles. The van der Waals surface area contributed by atoms with Crippen LogP contribution in [0.4, 0.5) is 10.2 Å². The molecule has 1 saturated heterocycles. The minimum Gasteiger partial charge on any atom is -0.387 e. The topological polar surface area (TPSA) is 72.2 Å². The molecule has 0 spiro atoms. The Morgan fingerprint density at radius 1 is 1.40 bits per heavy atom. The lowest BCUT2D eigenvalue weighted by Crippen LogP contribution is -2.27. The number of pyridine rings is 1. The molecule has 1 aliphatic heterocycles. The van der Waals surface area contributed by atoms with Crippen LogP contribution >= 0.6 is 0 Å². The Bertz CT molecular complexity index is 744. The maximum Gasteiger partial charge on any atom is 0.125 e. The lowest BCUT2D eigenvalue weighted by atomic mass is 10.1. The fraction of sp³-hybridized carbons (Fsp3) is 0.368. The Morgan fingerprint density at radius 2 is 2.28 bits per heavy atom. The first kappa shape index (κ1) is 17.3. The number of β-amino-alcohol motifs (C(OH)–C–C–N with tert-alkyl or cyclic N) is 1. The van der Waals surface area contributed by atoms with Crippen LogP contribution in [0.15, 0.2) is 42.6 Å². The standard InChI is InChI=1S/C19H21FN4O/c20-17-3-1-2-16(8-17)18(25)13-24-7-6-15(12-24)11-23-19-5-4-14(9-21)10-22-19/h1-5,8,10,15,18,25H,6-7,11-13H2,(H,22,23)/t15-,18-/m1/s1. The number of nitriles is 1. The van der Waals surface area contributed by atoms with Crippen molar-refractivity contribution >= 4 is 5.82 Å². The largest absolute Gasteiger partial charge is 0.387 e. The second-order valence-corrected chi connectivity index (χ2v) is 6.41. The Balaban J connectivity index is 1.46. The maximum absolute atomic E-state index is 13.3. The number of rotatable bonds is 6. The van der Waals surface area contributed by atoms with E-state index < -0.39 is 6.10 Å². The van der Waals surface area contributed by atoms with Gasteiger partial charge in [-0.2, -0.15) is 5.26 Å². The third-order valence-electron chi connectivity index (χ3n) is 4.50. The summed E-state index contributed by atoms with van der Waals surface area (Å²) in [4.78, 5) is 6.41. The van der Waals surface area contributed by atoms with E-state index in [-0.39, 0.29) is 5.82 Å². The maximum atomic E-state index is 13.3. The van der Waals surface area contributed by atoms with Crippen molar-refractivity contribution < 1.29 is 9.50 Å². The summed E-state index contributed by atoms with van der Waals surface area (Å²) in [6.45, 7) is 3.11. The molecule has 130 valence electrons. The van der Waals surface area contributed by atoms with E-state index in [0.29, 0.717) is 23.6 Å². The van der Waals surface area contributed by atoms with Crippen molar-refractivity contribution in [3.05, 3.63) is 59.5 Å². The number of likely N-dealkylation sites (tertiary alicyclic amines) is 1. The number of aliphatic hydroxyl groups excluding tert-OH is 1. The Hall–Kier alpha value is -2.49. The van der Waals surface area contributed by atoms with E-state index in [2.05, 4.69) is 15.2 Å². The second-order valence-electron chi connectivity index (χ2n) is 6.41. The van der Waals surface area contributed by atoms with Crippen molar-refractivity contribution in [1.29, 1.82) is 5.26 Å². The Kier molecular flexibility index (Phi) is 5.59. The summed E-state index contributed by atoms with van der Waals surface area (Å²) < 4.78 is 13.3. The second kappa shape index (κ2) is 8.06. The number of hydrogen-bond acceptors (Lipinski definition) is 5. The van der Waals surface area contributed by atoms with Crippen LogP contribution in [0, 0.1) is 23.1 Å². The molecule has 6 heteroatoms. The molecule has 1 aliphatic rings. The zero-order valence-electron chi connectivity index (χ0n) is 13.9. The molecular formula is C19H21FN4O. The number of benzene rings is 1. The van der Waals surface area contributed by atoms with Crippen LogP contribution in [0.5, 0.6) is 0 Å². The summed E-state index contributed by atoms with van der Waals surface area (Å²) in [7, 11) is 0. The van der Waals surface area contributed by atoms with Crippen LogP contribution in [0.25, 0.3) is 0 Å². The van der Waals surface area contributed by atoms with Gasteiger partial charge in [0.15, 0.2) is 0 Å². The van der Waals surface area contributed by atoms with Crippen molar-refractivity contribution in [3.63, 3.8) is 0 Å². The van der Waals surface area contributed by atoms with E-state index >= 15 is 0 Å². The van der Waals surface area contributed by atoms with Crippen molar-refractivity contribution in [3.8, 4) is 6.07 Å². The van der Waals surface area contributed by atoms with Crippen LogP contribution in [-0.2, 0) is 0 Å². The van der Waals surface area contributed by atoms with Gasteiger partial charge in [0.25, 0.3) is 0 Å². The molecule has 0 saturated carbocycles. The summed E-state index contributed by atoms with van der Waals surface area (Å²) in [6.07, 6.45) is 1.92. The van der Waals surface area contributed by atoms with Gasteiger partial charge in [0, 0.05) is 25.8 Å². The number of nitrogens with zero attached hydrogens (tertiary/aromatic N) is 3. The number of aliphatic hydroxyl groups is 1. The zero-order valence-corrected chi connectivity index (χ0v) is 13.9. The van der Waals surface area contributed by atoms with Gasteiger partial charge in [-0.05, 0) is 48.7 Å². The van der Waals surface area contributed by atoms with Gasteiger partial charge in [-0.15, -0.1) is 0 Å². The van der Waals surface area contributed by atoms with E-state index in [0.717, 1.165) is 31.9 Å². The highest BCUT2D eigenvalue weighted by Gasteiger charge is 2.24. The fourth-order valence-electron chi connectivity index (χ4n) is 3.12. The van der Waals surface area contributed by atoms with Crippen LogP contribution in [0.3, 0.4) is 0 Å². The van der Waals surface area contributed by atoms with E-state index in [4.69, 9.17) is 5.26 Å². The molecule has 1 aromatic heterocycles. The first-order valence-electron chi connectivity index (χ1n) is 8.40. The number of aromatic nitrogens is 1. The molecule has 2 aromatic rings. The molecule has 2 N–H and O–H groups in total. The highest BCUT2D eigenvalue weighted by atomic mass is 19.1. The molecule has 2 atom stereocenters. The van der Waals surface area contributed by atoms with Crippen LogP contribution in [-0.4, -0.2) is 41.2 Å². The van der Waals surface area contributed by atoms with Gasteiger partial charge in [-0.25, -0.2) is 9.37 Å². The molecule has 0 amide bonds. The summed E-state index contributed by atoms with van der Waals surface area (Å²) in [5, 5.41) is 22.4. The number of anilines is 1. The molecule has 0 aliphatic carbocycles. The predicted molar refractivity (Wildman–Crippen MR) is 93.3 cm³/mol. The van der Waals surface area contributed by atoms with Crippen molar-refractivity contribution in [2.24, 2.45) is 5.92 Å². The average molecular weight is 340 g/mol. The first-order valence-corrected chi connectivity index (χ1v) is 8.40. The highest BCUT2D eigenvalue weighted by Crippen LogP contribution is 2.21. The van der Waals surface area contributed by atoms with Gasteiger partial charge >= 0.3 is 0 Å². The lowest BCUT2D eigenvalue weighted by molar-refractivity contribution is 0.124. The molecule has 0 bridgehead atoms. The molecule has 25 heavy (non-hydrogen) atoms. The van der Waals surface area contributed by atoms with Crippen LogP contribution in [0.2, 0.25) is 0 Å². The minimum absolute atomic E-state index is 0.324. The highest BCUT2D eigenvalue weighted by molar-refractivity contribution is 5.38. The fourth-order valence-corrected chi connectivity index (χ4v) is 3.12. The molecule has 5 nitrogen and oxygen atoms in total. The number of hydrogen-bond donors (Lipinski definition) is 2. The molecule has 0 radical (unpaired) electrons. The summed E-state index contributed by atoms with van der Waals surface area (Å²) in [5.74, 6) is 0.907. The average Bonchev–Trinajstić information content (AvgIpc) is 3.08. The van der Waals surface area contributed by atoms with Gasteiger partial charge in [0.05, 0.1) is 11.7 Å². The van der Waals surface area contributed by atoms with Gasteiger partial charge in [0.2, 0.25) is 0 Å². The van der Waals surface area contributed by atoms with Crippen molar-refractivity contribution in [2.75, 3.05) is 31.5 Å². The molecular weight excluding hydrogens is 319 g/mol. The zero-order chi connectivity index (χ0) is 17.6. The normalized spacial score (nSPS) is 18.7. The summed E-state index contributed by atoms with van der Waals surface area (Å²) in [6, 6.07) is 11.7. The van der Waals surface area contributed by atoms with Crippen molar-refractivity contribution in [1.82, 2.24) is 9.88 Å². The molecule has 1 aromatic carbocycles.